The zero-order valence-corrected chi connectivity index (χ0v) is 34.1. The summed E-state index contributed by atoms with van der Waals surface area (Å²) in [5, 5.41) is 6.56. The minimum Gasteiger partial charge on any atom is -0.455 e. The first-order chi connectivity index (χ1) is 30.5. The Morgan fingerprint density at radius 1 is 0.339 bits per heavy atom. The summed E-state index contributed by atoms with van der Waals surface area (Å²) < 4.78 is 20.1. The van der Waals surface area contributed by atoms with Crippen LogP contribution in [0.4, 0.5) is 34.1 Å². The molecule has 0 aliphatic heterocycles. The van der Waals surface area contributed by atoms with E-state index in [2.05, 4.69) is 194 Å². The molecule has 3 heterocycles. The van der Waals surface area contributed by atoms with Crippen LogP contribution >= 0.6 is 0 Å². The molecule has 5 heteroatoms. The van der Waals surface area contributed by atoms with E-state index in [1.807, 2.05) is 24.3 Å². The van der Waals surface area contributed by atoms with Gasteiger partial charge in [-0.3, -0.25) is 0 Å². The summed E-state index contributed by atoms with van der Waals surface area (Å²) in [5.74, 6) is 0. The number of fused-ring (bicyclic) bond motifs is 13. The minimum atomic E-state index is -0.290. The monoisotopic (exact) mass is 798 g/mol. The van der Waals surface area contributed by atoms with Crippen molar-refractivity contribution in [2.24, 2.45) is 0 Å². The number of furan rings is 3. The highest BCUT2D eigenvalue weighted by Crippen LogP contribution is 2.55. The van der Waals surface area contributed by atoms with Gasteiger partial charge in [-0.15, -0.1) is 0 Å². The van der Waals surface area contributed by atoms with E-state index >= 15 is 0 Å². The van der Waals surface area contributed by atoms with Crippen LogP contribution in [0.15, 0.2) is 207 Å². The standard InChI is InChI=1S/C57H38N2O3/c1-57(2)46-31-30-43-45-33-37(58(35-15-5-3-6-16-35)48-23-13-21-41-39-19-9-11-25-50(39)60-54(41)48)28-32-52(45)62-56(43)53(46)44-29-27-38(34-47(44)57)59(36-17-7-4-8-18-36)49-24-14-22-42-40-20-10-12-26-51(40)61-55(42)49/h3-34H,1-2H3. The molecule has 0 saturated carbocycles. The van der Waals surface area contributed by atoms with Gasteiger partial charge in [0, 0.05) is 66.0 Å². The van der Waals surface area contributed by atoms with E-state index in [0.29, 0.717) is 0 Å². The Morgan fingerprint density at radius 3 is 1.44 bits per heavy atom. The van der Waals surface area contributed by atoms with Crippen molar-refractivity contribution in [3.63, 3.8) is 0 Å². The quantitative estimate of drug-likeness (QED) is 0.168. The van der Waals surface area contributed by atoms with Crippen LogP contribution in [-0.4, -0.2) is 0 Å². The van der Waals surface area contributed by atoms with E-state index in [4.69, 9.17) is 13.3 Å². The molecule has 62 heavy (non-hydrogen) atoms. The summed E-state index contributed by atoms with van der Waals surface area (Å²) in [6.45, 7) is 4.66. The van der Waals surface area contributed by atoms with Gasteiger partial charge in [-0.05, 0) is 95.6 Å². The second-order valence-electron chi connectivity index (χ2n) is 16.8. The lowest BCUT2D eigenvalue weighted by atomic mass is 9.82. The molecule has 9 aromatic carbocycles. The Bertz CT molecular complexity index is 3740. The molecule has 1 aliphatic rings. The summed E-state index contributed by atoms with van der Waals surface area (Å²) in [4.78, 5) is 4.62. The molecule has 0 fully saturated rings. The second-order valence-corrected chi connectivity index (χ2v) is 16.8. The highest BCUT2D eigenvalue weighted by molar-refractivity contribution is 6.15. The molecule has 0 N–H and O–H groups in total. The van der Waals surface area contributed by atoms with E-state index < -0.39 is 0 Å². The van der Waals surface area contributed by atoms with Crippen molar-refractivity contribution in [1.82, 2.24) is 0 Å². The third kappa shape index (κ3) is 4.96. The minimum absolute atomic E-state index is 0.290. The number of hydrogen-bond donors (Lipinski definition) is 0. The van der Waals surface area contributed by atoms with Gasteiger partial charge in [-0.2, -0.15) is 0 Å². The fourth-order valence-corrected chi connectivity index (χ4v) is 10.1. The third-order valence-corrected chi connectivity index (χ3v) is 13.0. The van der Waals surface area contributed by atoms with Crippen molar-refractivity contribution in [3.8, 4) is 11.1 Å². The summed E-state index contributed by atoms with van der Waals surface area (Å²) in [6.07, 6.45) is 0. The van der Waals surface area contributed by atoms with Gasteiger partial charge in [-0.25, -0.2) is 0 Å². The van der Waals surface area contributed by atoms with Gasteiger partial charge < -0.3 is 23.1 Å². The fraction of sp³-hybridized carbons (Fsp3) is 0.0526. The van der Waals surface area contributed by atoms with Crippen molar-refractivity contribution < 1.29 is 13.3 Å². The van der Waals surface area contributed by atoms with E-state index in [-0.39, 0.29) is 5.41 Å². The molecule has 13 rings (SSSR count). The number of hydrogen-bond acceptors (Lipinski definition) is 5. The lowest BCUT2D eigenvalue weighted by Crippen LogP contribution is -2.16. The number of para-hydroxylation sites is 6. The van der Waals surface area contributed by atoms with Crippen LogP contribution in [0.1, 0.15) is 25.0 Å². The van der Waals surface area contributed by atoms with Gasteiger partial charge >= 0.3 is 0 Å². The predicted molar refractivity (Wildman–Crippen MR) is 255 cm³/mol. The van der Waals surface area contributed by atoms with E-state index in [1.54, 1.807) is 0 Å². The van der Waals surface area contributed by atoms with Gasteiger partial charge in [0.15, 0.2) is 11.2 Å². The van der Waals surface area contributed by atoms with Gasteiger partial charge in [0.05, 0.1) is 11.4 Å². The number of rotatable bonds is 6. The first-order valence-corrected chi connectivity index (χ1v) is 21.2. The fourth-order valence-electron chi connectivity index (χ4n) is 10.1. The van der Waals surface area contributed by atoms with Gasteiger partial charge in [0.2, 0.25) is 0 Å². The van der Waals surface area contributed by atoms with Crippen LogP contribution < -0.4 is 9.80 Å². The number of nitrogens with zero attached hydrogens (tertiary/aromatic N) is 2. The SMILES string of the molecule is CC1(C)c2cc(N(c3ccccc3)c3cccc4c3oc3ccccc34)ccc2-c2c1ccc1c2oc2ccc(N(c3ccccc3)c3cccc4c3oc3ccccc34)cc21. The maximum atomic E-state index is 6.94. The van der Waals surface area contributed by atoms with Gasteiger partial charge in [0.25, 0.3) is 0 Å². The maximum absolute atomic E-state index is 6.94. The summed E-state index contributed by atoms with van der Waals surface area (Å²) >= 11 is 0. The van der Waals surface area contributed by atoms with Crippen molar-refractivity contribution in [2.45, 2.75) is 19.3 Å². The second kappa shape index (κ2) is 13.0. The Kier molecular flexibility index (Phi) is 7.29. The molecule has 1 aliphatic carbocycles. The maximum Gasteiger partial charge on any atom is 0.159 e. The molecule has 5 nitrogen and oxygen atoms in total. The normalized spacial score (nSPS) is 13.1. The average molecular weight is 799 g/mol. The molecular formula is C57H38N2O3. The van der Waals surface area contributed by atoms with Crippen LogP contribution in [0.5, 0.6) is 0 Å². The molecule has 294 valence electrons. The molecule has 0 saturated heterocycles. The Morgan fingerprint density at radius 2 is 0.823 bits per heavy atom. The first-order valence-electron chi connectivity index (χ1n) is 21.2. The van der Waals surface area contributed by atoms with Crippen LogP contribution in [-0.2, 0) is 5.41 Å². The Labute approximate surface area is 357 Å². The van der Waals surface area contributed by atoms with Crippen LogP contribution in [0.25, 0.3) is 76.9 Å². The molecule has 0 bridgehead atoms. The first kappa shape index (κ1) is 34.8. The largest absolute Gasteiger partial charge is 0.455 e. The van der Waals surface area contributed by atoms with E-state index in [1.165, 1.54) is 16.7 Å². The lowest BCUT2D eigenvalue weighted by Gasteiger charge is -2.28. The Hall–Kier alpha value is -8.02. The van der Waals surface area contributed by atoms with Crippen LogP contribution in [0.2, 0.25) is 0 Å². The lowest BCUT2D eigenvalue weighted by molar-refractivity contribution is 0.653. The number of benzene rings is 9. The van der Waals surface area contributed by atoms with Crippen molar-refractivity contribution in [2.75, 3.05) is 9.80 Å². The summed E-state index contributed by atoms with van der Waals surface area (Å²) in [5.41, 5.74) is 16.0. The topological polar surface area (TPSA) is 45.9 Å². The molecule has 0 amide bonds. The van der Waals surface area contributed by atoms with E-state index in [9.17, 15) is 0 Å². The number of anilines is 6. The smallest absolute Gasteiger partial charge is 0.159 e. The Balaban J connectivity index is 0.972. The van der Waals surface area contributed by atoms with Gasteiger partial charge in [-0.1, -0.05) is 129 Å². The molecule has 0 unspecified atom stereocenters. The summed E-state index contributed by atoms with van der Waals surface area (Å²) in [7, 11) is 0. The third-order valence-electron chi connectivity index (χ3n) is 13.0. The molecule has 3 aromatic heterocycles. The summed E-state index contributed by atoms with van der Waals surface area (Å²) in [6, 6.07) is 68.5. The van der Waals surface area contributed by atoms with Gasteiger partial charge in [0.1, 0.15) is 22.3 Å². The van der Waals surface area contributed by atoms with Crippen LogP contribution in [0.3, 0.4) is 0 Å². The van der Waals surface area contributed by atoms with E-state index in [0.717, 1.165) is 106 Å². The highest BCUT2D eigenvalue weighted by Gasteiger charge is 2.38. The highest BCUT2D eigenvalue weighted by atomic mass is 16.3. The van der Waals surface area contributed by atoms with Crippen molar-refractivity contribution in [1.29, 1.82) is 0 Å². The predicted octanol–water partition coefficient (Wildman–Crippen LogP) is 16.6. The molecular weight excluding hydrogens is 761 g/mol. The molecule has 12 aromatic rings. The molecule has 0 radical (unpaired) electrons. The van der Waals surface area contributed by atoms with Crippen molar-refractivity contribution in [3.05, 3.63) is 205 Å². The zero-order valence-electron chi connectivity index (χ0n) is 34.1. The molecule has 0 spiro atoms. The average Bonchev–Trinajstić information content (AvgIpc) is 4.06. The van der Waals surface area contributed by atoms with Crippen molar-refractivity contribution >= 4 is 99.9 Å². The zero-order chi connectivity index (χ0) is 41.1. The van der Waals surface area contributed by atoms with Crippen LogP contribution in [0, 0.1) is 0 Å². The molecule has 0 atom stereocenters.